The van der Waals surface area contributed by atoms with Gasteiger partial charge >= 0.3 is 0 Å². The normalized spacial score (nSPS) is 12.4. The summed E-state index contributed by atoms with van der Waals surface area (Å²) in [6, 6.07) is 4.60. The molecule has 1 aromatic rings. The zero-order valence-corrected chi connectivity index (χ0v) is 10.8. The van der Waals surface area contributed by atoms with Crippen molar-refractivity contribution in [2.24, 2.45) is 5.92 Å². The molecule has 0 spiro atoms. The van der Waals surface area contributed by atoms with Gasteiger partial charge in [-0.2, -0.15) is 0 Å². The molecule has 0 amide bonds. The van der Waals surface area contributed by atoms with Crippen LogP contribution < -0.4 is 11.1 Å². The molecule has 0 aromatic heterocycles. The van der Waals surface area contributed by atoms with Crippen LogP contribution in [0.5, 0.6) is 0 Å². The van der Waals surface area contributed by atoms with Crippen LogP contribution in [0, 0.1) is 11.7 Å². The predicted molar refractivity (Wildman–Crippen MR) is 72.6 cm³/mol. The molecule has 0 saturated heterocycles. The van der Waals surface area contributed by atoms with Gasteiger partial charge in [0.25, 0.3) is 0 Å². The number of rotatable bonds is 7. The third-order valence-corrected chi connectivity index (χ3v) is 3.06. The number of hydrogen-bond donors (Lipinski definition) is 2. The Labute approximate surface area is 103 Å². The average molecular weight is 238 g/mol. The molecule has 0 heterocycles. The maximum atomic E-state index is 13.1. The highest BCUT2D eigenvalue weighted by Crippen LogP contribution is 2.18. The molecule has 0 aliphatic carbocycles. The predicted octanol–water partition coefficient (Wildman–Crippen LogP) is 4.04. The van der Waals surface area contributed by atoms with E-state index in [2.05, 4.69) is 19.2 Å². The van der Waals surface area contributed by atoms with Crippen molar-refractivity contribution in [1.29, 1.82) is 0 Å². The first-order valence-corrected chi connectivity index (χ1v) is 6.45. The maximum Gasteiger partial charge on any atom is 0.127 e. The van der Waals surface area contributed by atoms with Crippen LogP contribution in [0.1, 0.15) is 39.5 Å². The minimum atomic E-state index is -0.283. The van der Waals surface area contributed by atoms with Gasteiger partial charge in [-0.1, -0.05) is 33.1 Å². The lowest BCUT2D eigenvalue weighted by molar-refractivity contribution is 0.472. The van der Waals surface area contributed by atoms with Crippen molar-refractivity contribution in [3.05, 3.63) is 24.0 Å². The van der Waals surface area contributed by atoms with E-state index in [9.17, 15) is 4.39 Å². The molecule has 96 valence electrons. The number of hydrogen-bond acceptors (Lipinski definition) is 2. The van der Waals surface area contributed by atoms with Crippen LogP contribution in [0.4, 0.5) is 15.8 Å². The molecule has 3 N–H and O–H groups in total. The molecule has 1 aromatic carbocycles. The van der Waals surface area contributed by atoms with Crippen molar-refractivity contribution >= 4 is 11.4 Å². The van der Waals surface area contributed by atoms with Crippen molar-refractivity contribution in [3.63, 3.8) is 0 Å². The molecule has 0 aliphatic heterocycles. The second-order valence-corrected chi connectivity index (χ2v) is 4.57. The Hall–Kier alpha value is -1.25. The van der Waals surface area contributed by atoms with Gasteiger partial charge in [-0.15, -0.1) is 0 Å². The van der Waals surface area contributed by atoms with E-state index in [0.717, 1.165) is 18.7 Å². The number of unbranched alkanes of at least 4 members (excludes halogenated alkanes) is 1. The zero-order chi connectivity index (χ0) is 12.7. The molecule has 1 atom stereocenters. The summed E-state index contributed by atoms with van der Waals surface area (Å²) >= 11 is 0. The number of nitrogens with one attached hydrogen (secondary N) is 1. The lowest BCUT2D eigenvalue weighted by atomic mass is 9.99. The first-order chi connectivity index (χ1) is 8.15. The molecule has 3 heteroatoms. The molecule has 17 heavy (non-hydrogen) atoms. The molecule has 1 unspecified atom stereocenters. The van der Waals surface area contributed by atoms with Gasteiger partial charge in [0.05, 0.1) is 0 Å². The van der Waals surface area contributed by atoms with E-state index in [1.807, 2.05) is 0 Å². The molecule has 0 saturated carbocycles. The molecule has 0 aliphatic rings. The number of nitrogens with two attached hydrogens (primary N) is 1. The second kappa shape index (κ2) is 7.15. The third-order valence-electron chi connectivity index (χ3n) is 3.06. The minimum Gasteiger partial charge on any atom is -0.399 e. The SMILES string of the molecule is CCCCC(CC)CNc1cc(N)cc(F)c1. The van der Waals surface area contributed by atoms with E-state index < -0.39 is 0 Å². The van der Waals surface area contributed by atoms with Crippen LogP contribution in [-0.4, -0.2) is 6.54 Å². The zero-order valence-electron chi connectivity index (χ0n) is 10.8. The van der Waals surface area contributed by atoms with Gasteiger partial charge in [0.1, 0.15) is 5.82 Å². The molecular formula is C14H23FN2. The van der Waals surface area contributed by atoms with E-state index in [0.29, 0.717) is 11.6 Å². The lowest BCUT2D eigenvalue weighted by Crippen LogP contribution is -2.13. The Morgan fingerprint density at radius 1 is 1.29 bits per heavy atom. The average Bonchev–Trinajstić information content (AvgIpc) is 2.28. The summed E-state index contributed by atoms with van der Waals surface area (Å²) in [6.07, 6.45) is 4.86. The Balaban J connectivity index is 2.47. The van der Waals surface area contributed by atoms with Gasteiger partial charge in [0.15, 0.2) is 0 Å². The summed E-state index contributed by atoms with van der Waals surface area (Å²) in [5.74, 6) is 0.369. The van der Waals surface area contributed by atoms with Gasteiger partial charge in [0, 0.05) is 17.9 Å². The van der Waals surface area contributed by atoms with Crippen LogP contribution in [0.25, 0.3) is 0 Å². The van der Waals surface area contributed by atoms with Crippen LogP contribution >= 0.6 is 0 Å². The van der Waals surface area contributed by atoms with Crippen molar-refractivity contribution in [2.75, 3.05) is 17.6 Å². The van der Waals surface area contributed by atoms with Gasteiger partial charge in [-0.3, -0.25) is 0 Å². The lowest BCUT2D eigenvalue weighted by Gasteiger charge is -2.16. The number of nitrogen functional groups attached to an aromatic ring is 1. The molecule has 0 bridgehead atoms. The molecule has 1 rings (SSSR count). The second-order valence-electron chi connectivity index (χ2n) is 4.57. The van der Waals surface area contributed by atoms with Crippen LogP contribution in [0.15, 0.2) is 18.2 Å². The van der Waals surface area contributed by atoms with Gasteiger partial charge < -0.3 is 11.1 Å². The third kappa shape index (κ3) is 5.07. The highest BCUT2D eigenvalue weighted by Gasteiger charge is 2.06. The van der Waals surface area contributed by atoms with Crippen molar-refractivity contribution in [3.8, 4) is 0 Å². The van der Waals surface area contributed by atoms with Crippen LogP contribution in [-0.2, 0) is 0 Å². The maximum absolute atomic E-state index is 13.1. The highest BCUT2D eigenvalue weighted by molar-refractivity contribution is 5.54. The van der Waals surface area contributed by atoms with E-state index in [-0.39, 0.29) is 5.82 Å². The van der Waals surface area contributed by atoms with Crippen molar-refractivity contribution < 1.29 is 4.39 Å². The van der Waals surface area contributed by atoms with Crippen LogP contribution in [0.2, 0.25) is 0 Å². The van der Waals surface area contributed by atoms with E-state index in [1.54, 1.807) is 6.07 Å². The van der Waals surface area contributed by atoms with Gasteiger partial charge in [-0.25, -0.2) is 4.39 Å². The monoisotopic (exact) mass is 238 g/mol. The standard InChI is InChI=1S/C14H23FN2/c1-3-5-6-11(4-2)10-17-14-8-12(15)7-13(16)9-14/h7-9,11,17H,3-6,10,16H2,1-2H3. The van der Waals surface area contributed by atoms with Crippen molar-refractivity contribution in [2.45, 2.75) is 39.5 Å². The summed E-state index contributed by atoms with van der Waals surface area (Å²) < 4.78 is 13.1. The molecule has 0 radical (unpaired) electrons. The van der Waals surface area contributed by atoms with Gasteiger partial charge in [-0.05, 0) is 30.5 Å². The fourth-order valence-electron chi connectivity index (χ4n) is 1.92. The summed E-state index contributed by atoms with van der Waals surface area (Å²) in [4.78, 5) is 0. The number of halogens is 1. The summed E-state index contributed by atoms with van der Waals surface area (Å²) in [5.41, 5.74) is 6.84. The molecule has 0 fully saturated rings. The van der Waals surface area contributed by atoms with E-state index in [4.69, 9.17) is 5.73 Å². The Bertz CT molecular complexity index is 319. The number of benzene rings is 1. The fraction of sp³-hybridized carbons (Fsp3) is 0.571. The Morgan fingerprint density at radius 2 is 2.06 bits per heavy atom. The summed E-state index contributed by atoms with van der Waals surface area (Å²) in [7, 11) is 0. The molecule has 2 nitrogen and oxygen atoms in total. The van der Waals surface area contributed by atoms with E-state index in [1.165, 1.54) is 31.4 Å². The largest absolute Gasteiger partial charge is 0.399 e. The first-order valence-electron chi connectivity index (χ1n) is 6.45. The number of anilines is 2. The van der Waals surface area contributed by atoms with E-state index >= 15 is 0 Å². The molecular weight excluding hydrogens is 215 g/mol. The topological polar surface area (TPSA) is 38.0 Å². The Kier molecular flexibility index (Phi) is 5.81. The quantitative estimate of drug-likeness (QED) is 0.704. The smallest absolute Gasteiger partial charge is 0.127 e. The van der Waals surface area contributed by atoms with Gasteiger partial charge in [0.2, 0.25) is 0 Å². The fourth-order valence-corrected chi connectivity index (χ4v) is 1.92. The first kappa shape index (κ1) is 13.8. The summed E-state index contributed by atoms with van der Waals surface area (Å²) in [6.45, 7) is 5.29. The van der Waals surface area contributed by atoms with Crippen molar-refractivity contribution in [1.82, 2.24) is 0 Å². The highest BCUT2D eigenvalue weighted by atomic mass is 19.1. The minimum absolute atomic E-state index is 0.283. The van der Waals surface area contributed by atoms with Crippen LogP contribution in [0.3, 0.4) is 0 Å². The Morgan fingerprint density at radius 3 is 2.65 bits per heavy atom. The summed E-state index contributed by atoms with van der Waals surface area (Å²) in [5, 5.41) is 3.27.